The zero-order valence-electron chi connectivity index (χ0n) is 16.6. The Morgan fingerprint density at radius 2 is 1.96 bits per heavy atom. The normalized spacial score (nSPS) is 11.3. The predicted octanol–water partition coefficient (Wildman–Crippen LogP) is 3.91. The lowest BCUT2D eigenvalue weighted by molar-refractivity contribution is -0.123. The highest BCUT2D eigenvalue weighted by molar-refractivity contribution is 5.84. The van der Waals surface area contributed by atoms with Crippen LogP contribution in [0.1, 0.15) is 41.9 Å². The maximum atomic E-state index is 12.0. The van der Waals surface area contributed by atoms with Crippen molar-refractivity contribution in [3.8, 4) is 5.75 Å². The van der Waals surface area contributed by atoms with Crippen molar-refractivity contribution in [2.75, 3.05) is 6.61 Å². The summed E-state index contributed by atoms with van der Waals surface area (Å²) < 4.78 is 7.86. The summed E-state index contributed by atoms with van der Waals surface area (Å²) >= 11 is 0. The van der Waals surface area contributed by atoms with Crippen LogP contribution in [0.3, 0.4) is 0 Å². The number of nitrogens with zero attached hydrogens (tertiary/aromatic N) is 2. The molecule has 1 N–H and O–H groups in total. The molecule has 1 amide bonds. The van der Waals surface area contributed by atoms with Gasteiger partial charge in [0.15, 0.2) is 6.61 Å². The third-order valence-corrected chi connectivity index (χ3v) is 4.26. The summed E-state index contributed by atoms with van der Waals surface area (Å²) in [6.45, 7) is 13.4. The highest BCUT2D eigenvalue weighted by atomic mass is 16.5. The molecule has 0 bridgehead atoms. The summed E-state index contributed by atoms with van der Waals surface area (Å²) in [6, 6.07) is 8.01. The van der Waals surface area contributed by atoms with Gasteiger partial charge in [-0.05, 0) is 56.9 Å². The molecule has 1 aromatic heterocycles. The van der Waals surface area contributed by atoms with Crippen LogP contribution in [-0.4, -0.2) is 23.3 Å². The molecule has 0 spiro atoms. The molecule has 0 radical (unpaired) electrons. The largest absolute Gasteiger partial charge is 0.483 e. The van der Waals surface area contributed by atoms with Gasteiger partial charge in [0.25, 0.3) is 5.91 Å². The van der Waals surface area contributed by atoms with Crippen molar-refractivity contribution in [2.45, 2.75) is 48.1 Å². The fourth-order valence-corrected chi connectivity index (χ4v) is 2.82. The van der Waals surface area contributed by atoms with Crippen LogP contribution in [-0.2, 0) is 11.3 Å². The van der Waals surface area contributed by atoms with E-state index >= 15 is 0 Å². The molecule has 2 aromatic rings. The van der Waals surface area contributed by atoms with Crippen LogP contribution in [0.15, 0.2) is 29.4 Å². The molecular formula is C21H29N3O2. The Labute approximate surface area is 156 Å². The van der Waals surface area contributed by atoms with Crippen molar-refractivity contribution in [1.82, 2.24) is 9.99 Å². The lowest BCUT2D eigenvalue weighted by Gasteiger charge is -2.11. The van der Waals surface area contributed by atoms with E-state index in [0.717, 1.165) is 34.7 Å². The lowest BCUT2D eigenvalue weighted by Crippen LogP contribution is -2.24. The van der Waals surface area contributed by atoms with Crippen LogP contribution in [0.2, 0.25) is 0 Å². The number of rotatable bonds is 7. The summed E-state index contributed by atoms with van der Waals surface area (Å²) in [6.07, 6.45) is 1.69. The van der Waals surface area contributed by atoms with Gasteiger partial charge in [0.1, 0.15) is 5.75 Å². The molecule has 26 heavy (non-hydrogen) atoms. The predicted molar refractivity (Wildman–Crippen MR) is 106 cm³/mol. The first-order valence-corrected chi connectivity index (χ1v) is 8.96. The summed E-state index contributed by atoms with van der Waals surface area (Å²) in [4.78, 5) is 12.0. The van der Waals surface area contributed by atoms with Gasteiger partial charge >= 0.3 is 0 Å². The first kappa shape index (κ1) is 19.8. The number of carbonyl (C=O) groups excluding carboxylic acids is 1. The van der Waals surface area contributed by atoms with Crippen molar-refractivity contribution >= 4 is 12.1 Å². The van der Waals surface area contributed by atoms with Gasteiger partial charge in [0.05, 0.1) is 6.21 Å². The summed E-state index contributed by atoms with van der Waals surface area (Å²) in [7, 11) is 0. The van der Waals surface area contributed by atoms with Crippen LogP contribution < -0.4 is 10.2 Å². The summed E-state index contributed by atoms with van der Waals surface area (Å²) in [5.74, 6) is 1.02. The molecule has 0 aliphatic heterocycles. The van der Waals surface area contributed by atoms with E-state index in [1.165, 1.54) is 5.69 Å². The Balaban J connectivity index is 1.92. The molecule has 1 aromatic carbocycles. The molecule has 2 rings (SSSR count). The number of aromatic nitrogens is 1. The van der Waals surface area contributed by atoms with Crippen molar-refractivity contribution < 1.29 is 9.53 Å². The van der Waals surface area contributed by atoms with Crippen molar-refractivity contribution in [3.05, 3.63) is 52.3 Å². The zero-order valence-corrected chi connectivity index (χ0v) is 16.6. The smallest absolute Gasteiger partial charge is 0.277 e. The molecular weight excluding hydrogens is 326 g/mol. The first-order valence-electron chi connectivity index (χ1n) is 8.96. The number of benzene rings is 1. The van der Waals surface area contributed by atoms with Crippen LogP contribution in [0.5, 0.6) is 5.75 Å². The number of aryl methyl sites for hydroxylation is 3. The van der Waals surface area contributed by atoms with Crippen molar-refractivity contribution in [2.24, 2.45) is 11.0 Å². The van der Waals surface area contributed by atoms with Crippen LogP contribution in [0.25, 0.3) is 0 Å². The fraction of sp³-hybridized carbons (Fsp3) is 0.429. The number of hydrazone groups is 1. The maximum Gasteiger partial charge on any atom is 0.277 e. The van der Waals surface area contributed by atoms with E-state index in [1.54, 1.807) is 6.21 Å². The lowest BCUT2D eigenvalue weighted by atomic mass is 10.1. The number of carbonyl (C=O) groups is 1. The fourth-order valence-electron chi connectivity index (χ4n) is 2.82. The Kier molecular flexibility index (Phi) is 6.61. The number of ether oxygens (including phenoxy) is 1. The van der Waals surface area contributed by atoms with Gasteiger partial charge in [0, 0.05) is 23.5 Å². The number of amides is 1. The standard InChI is InChI=1S/C21H29N3O2/c1-14(2)12-24-17(5)10-19(18(24)6)11-22-23-21(25)13-26-20-9-15(3)7-8-16(20)4/h7-11,14H,12-13H2,1-6H3,(H,23,25)/b22-11-. The molecule has 0 fully saturated rings. The average Bonchev–Trinajstić information content (AvgIpc) is 2.83. The average molecular weight is 355 g/mol. The maximum absolute atomic E-state index is 12.0. The Morgan fingerprint density at radius 1 is 1.23 bits per heavy atom. The molecule has 0 unspecified atom stereocenters. The van der Waals surface area contributed by atoms with E-state index in [4.69, 9.17) is 4.74 Å². The third-order valence-electron chi connectivity index (χ3n) is 4.26. The second-order valence-corrected chi connectivity index (χ2v) is 7.18. The SMILES string of the molecule is Cc1ccc(C)c(OCC(=O)N/N=C\c2cc(C)n(CC(C)C)c2C)c1. The number of hydrogen-bond donors (Lipinski definition) is 1. The highest BCUT2D eigenvalue weighted by Crippen LogP contribution is 2.19. The molecule has 5 heteroatoms. The second-order valence-electron chi connectivity index (χ2n) is 7.18. The molecule has 0 saturated carbocycles. The second kappa shape index (κ2) is 8.70. The van der Waals surface area contributed by atoms with E-state index < -0.39 is 0 Å². The van der Waals surface area contributed by atoms with Crippen LogP contribution >= 0.6 is 0 Å². The van der Waals surface area contributed by atoms with Crippen LogP contribution in [0.4, 0.5) is 0 Å². The van der Waals surface area contributed by atoms with Gasteiger partial charge in [-0.15, -0.1) is 0 Å². The Morgan fingerprint density at radius 3 is 2.65 bits per heavy atom. The van der Waals surface area contributed by atoms with E-state index in [2.05, 4.69) is 48.9 Å². The quantitative estimate of drug-likeness (QED) is 0.605. The van der Waals surface area contributed by atoms with E-state index in [0.29, 0.717) is 5.92 Å². The molecule has 0 aliphatic rings. The van der Waals surface area contributed by atoms with Gasteiger partial charge in [-0.3, -0.25) is 4.79 Å². The third kappa shape index (κ3) is 5.22. The van der Waals surface area contributed by atoms with Gasteiger partial charge in [-0.25, -0.2) is 5.43 Å². The summed E-state index contributed by atoms with van der Waals surface area (Å²) in [5, 5.41) is 4.07. The minimum atomic E-state index is -0.279. The van der Waals surface area contributed by atoms with E-state index in [1.807, 2.05) is 32.0 Å². The van der Waals surface area contributed by atoms with E-state index in [-0.39, 0.29) is 12.5 Å². The van der Waals surface area contributed by atoms with Gasteiger partial charge in [0.2, 0.25) is 0 Å². The Hall–Kier alpha value is -2.56. The minimum absolute atomic E-state index is 0.0615. The van der Waals surface area contributed by atoms with Gasteiger partial charge in [-0.1, -0.05) is 26.0 Å². The molecule has 0 saturated heterocycles. The molecule has 0 aliphatic carbocycles. The van der Waals surface area contributed by atoms with Gasteiger partial charge < -0.3 is 9.30 Å². The topological polar surface area (TPSA) is 55.6 Å². The Bertz CT molecular complexity index is 804. The van der Waals surface area contributed by atoms with E-state index in [9.17, 15) is 4.79 Å². The molecule has 140 valence electrons. The molecule has 0 atom stereocenters. The van der Waals surface area contributed by atoms with Crippen molar-refractivity contribution in [3.63, 3.8) is 0 Å². The molecule has 1 heterocycles. The summed E-state index contributed by atoms with van der Waals surface area (Å²) in [5.41, 5.74) is 7.99. The molecule has 5 nitrogen and oxygen atoms in total. The zero-order chi connectivity index (χ0) is 19.3. The first-order chi connectivity index (χ1) is 12.3. The van der Waals surface area contributed by atoms with Gasteiger partial charge in [-0.2, -0.15) is 5.10 Å². The minimum Gasteiger partial charge on any atom is -0.483 e. The monoisotopic (exact) mass is 355 g/mol. The number of nitrogens with one attached hydrogen (secondary N) is 1. The van der Waals surface area contributed by atoms with Crippen molar-refractivity contribution in [1.29, 1.82) is 0 Å². The number of hydrogen-bond acceptors (Lipinski definition) is 3. The highest BCUT2D eigenvalue weighted by Gasteiger charge is 2.09. The van der Waals surface area contributed by atoms with Crippen LogP contribution in [0, 0.1) is 33.6 Å².